The van der Waals surface area contributed by atoms with Gasteiger partial charge in [0, 0.05) is 32.2 Å². The second kappa shape index (κ2) is 8.66. The number of urea groups is 1. The molecule has 1 N–H and O–H groups in total. The Kier molecular flexibility index (Phi) is 6.05. The lowest BCUT2D eigenvalue weighted by Crippen LogP contribution is -2.52. The maximum absolute atomic E-state index is 13.8. The van der Waals surface area contributed by atoms with Gasteiger partial charge in [0.15, 0.2) is 11.6 Å². The van der Waals surface area contributed by atoms with Gasteiger partial charge in [-0.3, -0.25) is 0 Å². The van der Waals surface area contributed by atoms with E-state index in [0.717, 1.165) is 12.1 Å². The summed E-state index contributed by atoms with van der Waals surface area (Å²) >= 11 is 0. The van der Waals surface area contributed by atoms with Crippen LogP contribution in [0.15, 0.2) is 42.5 Å². The average molecular weight is 379 g/mol. The molecule has 1 saturated heterocycles. The van der Waals surface area contributed by atoms with Crippen molar-refractivity contribution in [3.63, 3.8) is 0 Å². The number of carbonyl (C=O) groups excluding carboxylic acids is 1. The van der Waals surface area contributed by atoms with Crippen LogP contribution in [0.5, 0.6) is 5.75 Å². The van der Waals surface area contributed by atoms with Crippen molar-refractivity contribution in [1.82, 2.24) is 10.2 Å². The molecule has 0 radical (unpaired) electrons. The number of ether oxygens (including phenoxy) is 1. The maximum atomic E-state index is 13.8. The minimum absolute atomic E-state index is 0.131. The zero-order chi connectivity index (χ0) is 19.2. The summed E-state index contributed by atoms with van der Waals surface area (Å²) < 4.78 is 45.0. The van der Waals surface area contributed by atoms with E-state index in [0.29, 0.717) is 31.9 Å². The molecule has 0 unspecified atom stereocenters. The molecule has 0 spiro atoms. The molecule has 2 amide bonds. The number of amides is 2. The minimum atomic E-state index is -0.982. The number of nitrogens with one attached hydrogen (secondary N) is 1. The summed E-state index contributed by atoms with van der Waals surface area (Å²) in [6, 6.07) is 9.59. The highest BCUT2D eigenvalue weighted by molar-refractivity contribution is 5.74. The number of nitrogens with zero attached hydrogens (tertiary/aromatic N) is 2. The zero-order valence-electron chi connectivity index (χ0n) is 14.6. The first-order valence-corrected chi connectivity index (χ1v) is 8.64. The summed E-state index contributed by atoms with van der Waals surface area (Å²) in [6.07, 6.45) is 0. The normalized spacial score (nSPS) is 14.2. The van der Waals surface area contributed by atoms with Gasteiger partial charge in [-0.05, 0) is 24.3 Å². The van der Waals surface area contributed by atoms with Gasteiger partial charge in [-0.15, -0.1) is 0 Å². The Balaban J connectivity index is 1.39. The van der Waals surface area contributed by atoms with Crippen molar-refractivity contribution in [2.24, 2.45) is 0 Å². The Morgan fingerprint density at radius 1 is 0.963 bits per heavy atom. The monoisotopic (exact) mass is 379 g/mol. The van der Waals surface area contributed by atoms with Gasteiger partial charge >= 0.3 is 6.03 Å². The van der Waals surface area contributed by atoms with E-state index in [1.165, 1.54) is 12.1 Å². The van der Waals surface area contributed by atoms with Crippen LogP contribution >= 0.6 is 0 Å². The molecule has 27 heavy (non-hydrogen) atoms. The number of hydrogen-bond acceptors (Lipinski definition) is 3. The smallest absolute Gasteiger partial charge is 0.317 e. The van der Waals surface area contributed by atoms with Gasteiger partial charge in [-0.2, -0.15) is 0 Å². The number of para-hydroxylation sites is 1. The van der Waals surface area contributed by atoms with E-state index in [9.17, 15) is 18.0 Å². The van der Waals surface area contributed by atoms with Crippen molar-refractivity contribution in [1.29, 1.82) is 0 Å². The highest BCUT2D eigenvalue weighted by Crippen LogP contribution is 2.20. The first-order chi connectivity index (χ1) is 13.0. The van der Waals surface area contributed by atoms with Crippen LogP contribution in [0.25, 0.3) is 0 Å². The molecule has 1 aliphatic heterocycles. The Hall–Kier alpha value is -2.90. The van der Waals surface area contributed by atoms with E-state index >= 15 is 0 Å². The van der Waals surface area contributed by atoms with Gasteiger partial charge in [0.25, 0.3) is 0 Å². The second-order valence-electron chi connectivity index (χ2n) is 6.08. The molecule has 2 aromatic rings. The summed E-state index contributed by atoms with van der Waals surface area (Å²) in [5.74, 6) is -2.00. The first kappa shape index (κ1) is 18.9. The highest BCUT2D eigenvalue weighted by atomic mass is 19.2. The number of piperazine rings is 1. The number of anilines is 1. The third-order valence-corrected chi connectivity index (χ3v) is 4.30. The Bertz CT molecular complexity index is 796. The van der Waals surface area contributed by atoms with Crippen LogP contribution in [0, 0.1) is 17.5 Å². The molecule has 1 fully saturated rings. The number of benzene rings is 2. The molecule has 2 aromatic carbocycles. The van der Waals surface area contributed by atoms with Gasteiger partial charge in [0.05, 0.1) is 12.2 Å². The Morgan fingerprint density at radius 3 is 2.41 bits per heavy atom. The molecule has 5 nitrogen and oxygen atoms in total. The lowest BCUT2D eigenvalue weighted by atomic mass is 10.2. The quantitative estimate of drug-likeness (QED) is 0.813. The van der Waals surface area contributed by atoms with E-state index in [1.54, 1.807) is 23.1 Å². The Labute approximate surface area is 155 Å². The van der Waals surface area contributed by atoms with Gasteiger partial charge < -0.3 is 19.9 Å². The lowest BCUT2D eigenvalue weighted by molar-refractivity contribution is 0.191. The summed E-state index contributed by atoms with van der Waals surface area (Å²) in [6.45, 7) is 2.39. The molecular weight excluding hydrogens is 359 g/mol. The van der Waals surface area contributed by atoms with Gasteiger partial charge in [0.1, 0.15) is 18.2 Å². The molecule has 1 heterocycles. The van der Waals surface area contributed by atoms with E-state index in [-0.39, 0.29) is 30.7 Å². The van der Waals surface area contributed by atoms with Crippen LogP contribution < -0.4 is 15.0 Å². The summed E-state index contributed by atoms with van der Waals surface area (Å²) in [4.78, 5) is 15.7. The standard InChI is InChI=1S/C19H20F3N3O2/c20-15-6-5-14(13-17(15)22)27-12-7-23-19(26)25-10-8-24(9-11-25)18-4-2-1-3-16(18)21/h1-6,13H,7-12H2,(H,23,26). The third-order valence-electron chi connectivity index (χ3n) is 4.30. The van der Waals surface area contributed by atoms with Crippen molar-refractivity contribution >= 4 is 11.7 Å². The van der Waals surface area contributed by atoms with Crippen LogP contribution in [0.4, 0.5) is 23.7 Å². The van der Waals surface area contributed by atoms with E-state index in [2.05, 4.69) is 5.32 Å². The van der Waals surface area contributed by atoms with Gasteiger partial charge in [-0.1, -0.05) is 12.1 Å². The van der Waals surface area contributed by atoms with Crippen LogP contribution in [0.3, 0.4) is 0 Å². The summed E-state index contributed by atoms with van der Waals surface area (Å²) in [7, 11) is 0. The van der Waals surface area contributed by atoms with E-state index < -0.39 is 11.6 Å². The molecule has 0 atom stereocenters. The fraction of sp³-hybridized carbons (Fsp3) is 0.316. The first-order valence-electron chi connectivity index (χ1n) is 8.64. The van der Waals surface area contributed by atoms with E-state index in [1.807, 2.05) is 4.90 Å². The number of halogens is 3. The molecule has 0 aromatic heterocycles. The topological polar surface area (TPSA) is 44.8 Å². The van der Waals surface area contributed by atoms with Crippen molar-refractivity contribution in [2.45, 2.75) is 0 Å². The largest absolute Gasteiger partial charge is 0.492 e. The molecule has 0 saturated carbocycles. The van der Waals surface area contributed by atoms with Crippen LogP contribution in [0.1, 0.15) is 0 Å². The molecule has 0 bridgehead atoms. The predicted octanol–water partition coefficient (Wildman–Crippen LogP) is 3.01. The predicted molar refractivity (Wildman–Crippen MR) is 95.4 cm³/mol. The minimum Gasteiger partial charge on any atom is -0.492 e. The average Bonchev–Trinajstić information content (AvgIpc) is 2.68. The molecule has 1 aliphatic rings. The fourth-order valence-corrected chi connectivity index (χ4v) is 2.86. The SMILES string of the molecule is O=C(NCCOc1ccc(F)c(F)c1)N1CCN(c2ccccc2F)CC1. The number of rotatable bonds is 5. The maximum Gasteiger partial charge on any atom is 0.317 e. The summed E-state index contributed by atoms with van der Waals surface area (Å²) in [5, 5.41) is 2.72. The second-order valence-corrected chi connectivity index (χ2v) is 6.08. The molecule has 0 aliphatic carbocycles. The van der Waals surface area contributed by atoms with Gasteiger partial charge in [0.2, 0.25) is 0 Å². The van der Waals surface area contributed by atoms with Crippen LogP contribution in [0.2, 0.25) is 0 Å². The number of carbonyl (C=O) groups is 1. The van der Waals surface area contributed by atoms with Crippen molar-refractivity contribution in [3.8, 4) is 5.75 Å². The zero-order valence-corrected chi connectivity index (χ0v) is 14.6. The van der Waals surface area contributed by atoms with E-state index in [4.69, 9.17) is 4.74 Å². The molecule has 144 valence electrons. The molecular formula is C19H20F3N3O2. The molecule has 8 heteroatoms. The fourth-order valence-electron chi connectivity index (χ4n) is 2.86. The van der Waals surface area contributed by atoms with Gasteiger partial charge in [-0.25, -0.2) is 18.0 Å². The summed E-state index contributed by atoms with van der Waals surface area (Å²) in [5.41, 5.74) is 0.539. The van der Waals surface area contributed by atoms with Crippen molar-refractivity contribution < 1.29 is 22.7 Å². The third kappa shape index (κ3) is 4.84. The molecule has 3 rings (SSSR count). The van der Waals surface area contributed by atoms with Crippen LogP contribution in [-0.4, -0.2) is 50.3 Å². The highest BCUT2D eigenvalue weighted by Gasteiger charge is 2.22. The lowest BCUT2D eigenvalue weighted by Gasteiger charge is -2.36. The van der Waals surface area contributed by atoms with Crippen molar-refractivity contribution in [2.75, 3.05) is 44.2 Å². The van der Waals surface area contributed by atoms with Crippen molar-refractivity contribution in [3.05, 3.63) is 59.9 Å². The number of hydrogen-bond donors (Lipinski definition) is 1. The van der Waals surface area contributed by atoms with Crippen LogP contribution in [-0.2, 0) is 0 Å². The Morgan fingerprint density at radius 2 is 1.70 bits per heavy atom.